The van der Waals surface area contributed by atoms with Crippen molar-refractivity contribution >= 4 is 29.5 Å². The molecule has 5 nitrogen and oxygen atoms in total. The lowest BCUT2D eigenvalue weighted by Gasteiger charge is -2.22. The number of carbonyl (C=O) groups excluding carboxylic acids is 3. The molecule has 3 rings (SSSR count). The smallest absolute Gasteiger partial charge is 0.261 e. The molecule has 1 saturated carbocycles. The Labute approximate surface area is 158 Å². The number of hydrogen-bond acceptors (Lipinski definition) is 4. The van der Waals surface area contributed by atoms with E-state index >= 15 is 0 Å². The normalized spacial score (nSPS) is 17.5. The molecule has 1 aliphatic carbocycles. The van der Waals surface area contributed by atoms with E-state index < -0.39 is 0 Å². The van der Waals surface area contributed by atoms with E-state index in [9.17, 15) is 14.4 Å². The Balaban J connectivity index is 1.30. The van der Waals surface area contributed by atoms with Crippen LogP contribution in [0.4, 0.5) is 0 Å². The molecular formula is C20H26N2O3S. The minimum Gasteiger partial charge on any atom is -0.353 e. The number of imide groups is 1. The summed E-state index contributed by atoms with van der Waals surface area (Å²) in [4.78, 5) is 37.8. The van der Waals surface area contributed by atoms with Crippen molar-refractivity contribution in [3.63, 3.8) is 0 Å². The van der Waals surface area contributed by atoms with E-state index in [-0.39, 0.29) is 17.7 Å². The maximum Gasteiger partial charge on any atom is 0.261 e. The number of thioether (sulfide) groups is 1. The molecule has 6 heteroatoms. The average Bonchev–Trinajstić information content (AvgIpc) is 2.90. The lowest BCUT2D eigenvalue weighted by Crippen LogP contribution is -2.37. The largest absolute Gasteiger partial charge is 0.353 e. The molecular weight excluding hydrogens is 348 g/mol. The molecule has 1 fully saturated rings. The molecule has 0 saturated heterocycles. The van der Waals surface area contributed by atoms with Gasteiger partial charge in [0.05, 0.1) is 16.9 Å². The highest BCUT2D eigenvalue weighted by Crippen LogP contribution is 2.23. The van der Waals surface area contributed by atoms with Crippen molar-refractivity contribution in [2.75, 3.05) is 18.1 Å². The quantitative estimate of drug-likeness (QED) is 0.560. The van der Waals surface area contributed by atoms with Gasteiger partial charge in [0.1, 0.15) is 0 Å². The summed E-state index contributed by atoms with van der Waals surface area (Å²) in [7, 11) is 0. The Morgan fingerprint density at radius 3 is 2.35 bits per heavy atom. The molecule has 140 valence electrons. The van der Waals surface area contributed by atoms with Gasteiger partial charge in [0.15, 0.2) is 0 Å². The van der Waals surface area contributed by atoms with Gasteiger partial charge in [-0.2, -0.15) is 11.8 Å². The lowest BCUT2D eigenvalue weighted by atomic mass is 9.95. The number of nitrogens with zero attached hydrogens (tertiary/aromatic N) is 1. The van der Waals surface area contributed by atoms with Crippen LogP contribution in [0.15, 0.2) is 24.3 Å². The molecule has 0 atom stereocenters. The van der Waals surface area contributed by atoms with Crippen LogP contribution in [0.25, 0.3) is 0 Å². The molecule has 2 aliphatic rings. The third-order valence-electron chi connectivity index (χ3n) is 5.00. The number of amides is 3. The summed E-state index contributed by atoms with van der Waals surface area (Å²) in [5.74, 6) is 1.10. The zero-order valence-electron chi connectivity index (χ0n) is 15.0. The Bertz CT molecular complexity index is 636. The molecule has 0 radical (unpaired) electrons. The Kier molecular flexibility index (Phi) is 6.72. The van der Waals surface area contributed by atoms with Crippen molar-refractivity contribution in [2.45, 2.75) is 51.0 Å². The van der Waals surface area contributed by atoms with Gasteiger partial charge in [-0.05, 0) is 43.6 Å². The van der Waals surface area contributed by atoms with E-state index in [1.54, 1.807) is 36.0 Å². The van der Waals surface area contributed by atoms with Crippen LogP contribution in [0, 0.1) is 0 Å². The first kappa shape index (κ1) is 19.0. The van der Waals surface area contributed by atoms with Gasteiger partial charge in [0, 0.05) is 12.6 Å². The van der Waals surface area contributed by atoms with Gasteiger partial charge in [-0.15, -0.1) is 0 Å². The lowest BCUT2D eigenvalue weighted by molar-refractivity contribution is -0.119. The molecule has 1 N–H and O–H groups in total. The van der Waals surface area contributed by atoms with Crippen LogP contribution >= 0.6 is 11.8 Å². The second-order valence-electron chi connectivity index (χ2n) is 6.97. The van der Waals surface area contributed by atoms with Gasteiger partial charge in [0.25, 0.3) is 11.8 Å². The fraction of sp³-hybridized carbons (Fsp3) is 0.550. The number of nitrogens with one attached hydrogen (secondary N) is 1. The van der Waals surface area contributed by atoms with Crippen LogP contribution in [-0.2, 0) is 4.79 Å². The van der Waals surface area contributed by atoms with E-state index in [0.717, 1.165) is 31.4 Å². The molecule has 3 amide bonds. The van der Waals surface area contributed by atoms with Gasteiger partial charge < -0.3 is 5.32 Å². The van der Waals surface area contributed by atoms with E-state index in [1.807, 2.05) is 0 Å². The summed E-state index contributed by atoms with van der Waals surface area (Å²) in [6.45, 7) is 0.446. The number of hydrogen-bond donors (Lipinski definition) is 1. The van der Waals surface area contributed by atoms with Crippen molar-refractivity contribution in [1.82, 2.24) is 10.2 Å². The second-order valence-corrected chi connectivity index (χ2v) is 8.07. The maximum absolute atomic E-state index is 12.3. The van der Waals surface area contributed by atoms with Gasteiger partial charge in [-0.1, -0.05) is 31.4 Å². The van der Waals surface area contributed by atoms with Crippen LogP contribution in [-0.4, -0.2) is 46.7 Å². The highest BCUT2D eigenvalue weighted by Gasteiger charge is 2.34. The van der Waals surface area contributed by atoms with Crippen molar-refractivity contribution in [3.8, 4) is 0 Å². The summed E-state index contributed by atoms with van der Waals surface area (Å²) in [6.07, 6.45) is 7.59. The zero-order valence-corrected chi connectivity index (χ0v) is 15.9. The first-order valence-corrected chi connectivity index (χ1v) is 10.6. The minimum atomic E-state index is -0.190. The monoisotopic (exact) mass is 374 g/mol. The first-order chi connectivity index (χ1) is 12.7. The zero-order chi connectivity index (χ0) is 18.4. The van der Waals surface area contributed by atoms with E-state index in [1.165, 1.54) is 24.2 Å². The SMILES string of the molecule is O=C(CSCCCCN1C(=O)c2ccccc2C1=O)NC1CCCCC1. The second kappa shape index (κ2) is 9.21. The van der Waals surface area contributed by atoms with Crippen molar-refractivity contribution in [2.24, 2.45) is 0 Å². The standard InChI is InChI=1S/C20H26N2O3S/c23-18(21-15-8-2-1-3-9-15)14-26-13-7-6-12-22-19(24)16-10-4-5-11-17(16)20(22)25/h4-5,10-11,15H,1-3,6-9,12-14H2,(H,21,23). The van der Waals surface area contributed by atoms with Crippen LogP contribution in [0.3, 0.4) is 0 Å². The van der Waals surface area contributed by atoms with Crippen LogP contribution in [0.1, 0.15) is 65.7 Å². The number of rotatable bonds is 8. The Hall–Kier alpha value is -1.82. The predicted molar refractivity (Wildman–Crippen MR) is 103 cm³/mol. The van der Waals surface area contributed by atoms with E-state index in [4.69, 9.17) is 0 Å². The Morgan fingerprint density at radius 2 is 1.69 bits per heavy atom. The van der Waals surface area contributed by atoms with Crippen molar-refractivity contribution in [3.05, 3.63) is 35.4 Å². The predicted octanol–water partition coefficient (Wildman–Crippen LogP) is 3.24. The van der Waals surface area contributed by atoms with Crippen LogP contribution in [0.5, 0.6) is 0 Å². The highest BCUT2D eigenvalue weighted by molar-refractivity contribution is 7.99. The third-order valence-corrected chi connectivity index (χ3v) is 6.05. The summed E-state index contributed by atoms with van der Waals surface area (Å²) >= 11 is 1.62. The van der Waals surface area contributed by atoms with Crippen LogP contribution < -0.4 is 5.32 Å². The molecule has 0 spiro atoms. The van der Waals surface area contributed by atoms with E-state index in [0.29, 0.717) is 29.5 Å². The Morgan fingerprint density at radius 1 is 1.04 bits per heavy atom. The number of fused-ring (bicyclic) bond motifs is 1. The molecule has 1 heterocycles. The number of carbonyl (C=O) groups is 3. The molecule has 1 aromatic rings. The van der Waals surface area contributed by atoms with Gasteiger partial charge in [-0.3, -0.25) is 19.3 Å². The summed E-state index contributed by atoms with van der Waals surface area (Å²) in [5.41, 5.74) is 1.01. The van der Waals surface area contributed by atoms with Crippen LogP contribution in [0.2, 0.25) is 0 Å². The molecule has 0 unspecified atom stereocenters. The summed E-state index contributed by atoms with van der Waals surface area (Å²) < 4.78 is 0. The van der Waals surface area contributed by atoms with E-state index in [2.05, 4.69) is 5.32 Å². The van der Waals surface area contributed by atoms with Crippen molar-refractivity contribution < 1.29 is 14.4 Å². The van der Waals surface area contributed by atoms with Gasteiger partial charge >= 0.3 is 0 Å². The van der Waals surface area contributed by atoms with Crippen molar-refractivity contribution in [1.29, 1.82) is 0 Å². The average molecular weight is 375 g/mol. The third kappa shape index (κ3) is 4.67. The molecule has 1 aliphatic heterocycles. The molecule has 0 aromatic heterocycles. The number of benzene rings is 1. The maximum atomic E-state index is 12.3. The fourth-order valence-electron chi connectivity index (χ4n) is 3.60. The molecule has 26 heavy (non-hydrogen) atoms. The van der Waals surface area contributed by atoms with Gasteiger partial charge in [-0.25, -0.2) is 0 Å². The topological polar surface area (TPSA) is 66.5 Å². The summed E-state index contributed by atoms with van der Waals surface area (Å²) in [6, 6.07) is 7.34. The summed E-state index contributed by atoms with van der Waals surface area (Å²) in [5, 5.41) is 3.12. The number of unbranched alkanes of at least 4 members (excludes halogenated alkanes) is 1. The van der Waals surface area contributed by atoms with Gasteiger partial charge in [0.2, 0.25) is 5.91 Å². The fourth-order valence-corrected chi connectivity index (χ4v) is 4.42. The molecule has 1 aromatic carbocycles. The first-order valence-electron chi connectivity index (χ1n) is 9.49. The highest BCUT2D eigenvalue weighted by atomic mass is 32.2. The molecule has 0 bridgehead atoms. The minimum absolute atomic E-state index is 0.127.